The molecule has 0 unspecified atom stereocenters. The lowest BCUT2D eigenvalue weighted by Gasteiger charge is -1.95. The Morgan fingerprint density at radius 1 is 1.29 bits per heavy atom. The summed E-state index contributed by atoms with van der Waals surface area (Å²) in [5.74, 6) is 0. The highest BCUT2D eigenvalue weighted by atomic mass is 32.1. The minimum absolute atomic E-state index is 0.780. The van der Waals surface area contributed by atoms with Crippen LogP contribution < -0.4 is 0 Å². The summed E-state index contributed by atoms with van der Waals surface area (Å²) in [7, 11) is 0. The van der Waals surface area contributed by atoms with Crippen LogP contribution in [-0.4, -0.2) is 9.97 Å². The standard InChI is InChI=1S/C10H6N2S2/c13-10-12-9-8(14-10)5-6-3-1-2-4-7(6)11-9/h1-5H,(H,11,12,13). The van der Waals surface area contributed by atoms with Gasteiger partial charge in [0.2, 0.25) is 0 Å². The fourth-order valence-corrected chi connectivity index (χ4v) is 2.58. The van der Waals surface area contributed by atoms with Crippen LogP contribution in [0.3, 0.4) is 0 Å². The lowest BCUT2D eigenvalue weighted by Crippen LogP contribution is -1.79. The summed E-state index contributed by atoms with van der Waals surface area (Å²) in [5.41, 5.74) is 1.89. The number of aromatic amines is 1. The number of aromatic nitrogens is 2. The first-order valence-corrected chi connectivity index (χ1v) is 5.44. The third kappa shape index (κ3) is 1.15. The molecule has 2 aromatic heterocycles. The Balaban J connectivity index is 2.57. The second kappa shape index (κ2) is 2.87. The summed E-state index contributed by atoms with van der Waals surface area (Å²) in [4.78, 5) is 7.56. The molecule has 0 spiro atoms. The highest BCUT2D eigenvalue weighted by Crippen LogP contribution is 2.22. The number of nitrogens with zero attached hydrogens (tertiary/aromatic N) is 1. The summed E-state index contributed by atoms with van der Waals surface area (Å²) >= 11 is 6.64. The second-order valence-corrected chi connectivity index (χ2v) is 4.76. The van der Waals surface area contributed by atoms with Gasteiger partial charge in [-0.15, -0.1) is 11.3 Å². The van der Waals surface area contributed by atoms with E-state index in [2.05, 4.69) is 22.1 Å². The SMILES string of the molecule is S=c1[nH]c2nc3ccccc3cc2s1. The molecule has 0 aliphatic heterocycles. The number of para-hydroxylation sites is 1. The van der Waals surface area contributed by atoms with Crippen molar-refractivity contribution in [2.24, 2.45) is 0 Å². The van der Waals surface area contributed by atoms with Crippen LogP contribution in [0.15, 0.2) is 30.3 Å². The van der Waals surface area contributed by atoms with Crippen molar-refractivity contribution >= 4 is 44.8 Å². The molecule has 68 valence electrons. The maximum atomic E-state index is 5.07. The molecule has 0 saturated carbocycles. The molecule has 3 aromatic rings. The predicted octanol–water partition coefficient (Wildman–Crippen LogP) is 3.51. The molecule has 0 aliphatic rings. The normalized spacial score (nSPS) is 11.1. The molecular formula is C10H6N2S2. The van der Waals surface area contributed by atoms with Crippen molar-refractivity contribution in [1.29, 1.82) is 0 Å². The van der Waals surface area contributed by atoms with Crippen molar-refractivity contribution in [3.8, 4) is 0 Å². The van der Waals surface area contributed by atoms with Crippen LogP contribution >= 0.6 is 23.6 Å². The third-order valence-corrected chi connectivity index (χ3v) is 3.28. The van der Waals surface area contributed by atoms with E-state index in [9.17, 15) is 0 Å². The molecule has 0 atom stereocenters. The van der Waals surface area contributed by atoms with Gasteiger partial charge >= 0.3 is 0 Å². The van der Waals surface area contributed by atoms with Gasteiger partial charge in [0.1, 0.15) is 5.65 Å². The van der Waals surface area contributed by atoms with Gasteiger partial charge in [-0.1, -0.05) is 18.2 Å². The van der Waals surface area contributed by atoms with E-state index in [0.717, 1.165) is 25.2 Å². The van der Waals surface area contributed by atoms with Crippen LogP contribution in [-0.2, 0) is 0 Å². The van der Waals surface area contributed by atoms with E-state index in [1.807, 2.05) is 18.2 Å². The van der Waals surface area contributed by atoms with Crippen molar-refractivity contribution in [1.82, 2.24) is 9.97 Å². The molecule has 1 aromatic carbocycles. The molecule has 14 heavy (non-hydrogen) atoms. The first-order chi connectivity index (χ1) is 6.83. The molecule has 0 radical (unpaired) electrons. The number of thiazole rings is 1. The van der Waals surface area contributed by atoms with E-state index >= 15 is 0 Å². The Hall–Kier alpha value is -1.26. The number of benzene rings is 1. The molecule has 4 heteroatoms. The molecule has 3 rings (SSSR count). The van der Waals surface area contributed by atoms with Gasteiger partial charge in [0.05, 0.1) is 10.2 Å². The highest BCUT2D eigenvalue weighted by molar-refractivity contribution is 7.73. The smallest absolute Gasteiger partial charge is 0.160 e. The van der Waals surface area contributed by atoms with E-state index in [-0.39, 0.29) is 0 Å². The van der Waals surface area contributed by atoms with Gasteiger partial charge in [0, 0.05) is 5.39 Å². The maximum absolute atomic E-state index is 5.07. The average Bonchev–Trinajstić information content (AvgIpc) is 2.53. The summed E-state index contributed by atoms with van der Waals surface area (Å²) in [6.07, 6.45) is 0. The Morgan fingerprint density at radius 2 is 2.14 bits per heavy atom. The van der Waals surface area contributed by atoms with Crippen molar-refractivity contribution in [3.05, 3.63) is 34.3 Å². The van der Waals surface area contributed by atoms with Gasteiger partial charge in [0.15, 0.2) is 3.95 Å². The maximum Gasteiger partial charge on any atom is 0.160 e. The largest absolute Gasteiger partial charge is 0.322 e. The van der Waals surface area contributed by atoms with E-state index in [1.165, 1.54) is 0 Å². The van der Waals surface area contributed by atoms with Crippen LogP contribution in [0.2, 0.25) is 0 Å². The zero-order valence-corrected chi connectivity index (χ0v) is 8.78. The Bertz CT molecular complexity index is 611. The van der Waals surface area contributed by atoms with Crippen LogP contribution in [0.5, 0.6) is 0 Å². The van der Waals surface area contributed by atoms with Gasteiger partial charge in [0.25, 0.3) is 0 Å². The Morgan fingerprint density at radius 3 is 3.07 bits per heavy atom. The number of H-pyrrole nitrogens is 1. The first-order valence-electron chi connectivity index (χ1n) is 4.21. The molecule has 0 saturated heterocycles. The number of fused-ring (bicyclic) bond motifs is 2. The highest BCUT2D eigenvalue weighted by Gasteiger charge is 2.00. The van der Waals surface area contributed by atoms with E-state index < -0.39 is 0 Å². The number of hydrogen-bond donors (Lipinski definition) is 1. The lowest BCUT2D eigenvalue weighted by molar-refractivity contribution is 1.36. The minimum Gasteiger partial charge on any atom is -0.322 e. The fraction of sp³-hybridized carbons (Fsp3) is 0. The molecule has 2 heterocycles. The molecule has 2 nitrogen and oxygen atoms in total. The van der Waals surface area contributed by atoms with Gasteiger partial charge in [-0.3, -0.25) is 0 Å². The van der Waals surface area contributed by atoms with Crippen LogP contribution in [0.1, 0.15) is 0 Å². The number of nitrogens with one attached hydrogen (secondary N) is 1. The van der Waals surface area contributed by atoms with Gasteiger partial charge in [-0.05, 0) is 24.4 Å². The van der Waals surface area contributed by atoms with Crippen LogP contribution in [0.25, 0.3) is 21.3 Å². The zero-order chi connectivity index (χ0) is 9.54. The Labute approximate surface area is 89.2 Å². The molecule has 0 bridgehead atoms. The van der Waals surface area contributed by atoms with Crippen LogP contribution in [0, 0.1) is 3.95 Å². The molecular weight excluding hydrogens is 212 g/mol. The molecule has 1 N–H and O–H groups in total. The number of rotatable bonds is 0. The number of pyridine rings is 1. The monoisotopic (exact) mass is 218 g/mol. The van der Waals surface area contributed by atoms with Crippen molar-refractivity contribution < 1.29 is 0 Å². The minimum atomic E-state index is 0.780. The van der Waals surface area contributed by atoms with E-state index in [4.69, 9.17) is 12.2 Å². The van der Waals surface area contributed by atoms with E-state index in [0.29, 0.717) is 0 Å². The summed E-state index contributed by atoms with van der Waals surface area (Å²) < 4.78 is 1.90. The van der Waals surface area contributed by atoms with Crippen molar-refractivity contribution in [3.63, 3.8) is 0 Å². The second-order valence-electron chi connectivity index (χ2n) is 3.04. The predicted molar refractivity (Wildman–Crippen MR) is 62.3 cm³/mol. The van der Waals surface area contributed by atoms with Gasteiger partial charge in [-0.25, -0.2) is 4.98 Å². The van der Waals surface area contributed by atoms with E-state index in [1.54, 1.807) is 11.3 Å². The van der Waals surface area contributed by atoms with Crippen molar-refractivity contribution in [2.75, 3.05) is 0 Å². The average molecular weight is 218 g/mol. The van der Waals surface area contributed by atoms with Crippen LogP contribution in [0.4, 0.5) is 0 Å². The molecule has 0 aliphatic carbocycles. The fourth-order valence-electron chi connectivity index (χ4n) is 1.49. The lowest BCUT2D eigenvalue weighted by atomic mass is 10.2. The van der Waals surface area contributed by atoms with Crippen molar-refractivity contribution in [2.45, 2.75) is 0 Å². The van der Waals surface area contributed by atoms with Gasteiger partial charge < -0.3 is 4.98 Å². The summed E-state index contributed by atoms with van der Waals surface area (Å²) in [6.45, 7) is 0. The molecule has 0 amide bonds. The zero-order valence-electron chi connectivity index (χ0n) is 7.15. The number of hydrogen-bond acceptors (Lipinski definition) is 3. The topological polar surface area (TPSA) is 28.7 Å². The summed E-state index contributed by atoms with van der Waals surface area (Å²) in [5, 5.41) is 1.16. The molecule has 0 fully saturated rings. The third-order valence-electron chi connectivity index (χ3n) is 2.11. The quantitative estimate of drug-likeness (QED) is 0.585. The van der Waals surface area contributed by atoms with Gasteiger partial charge in [-0.2, -0.15) is 0 Å². The summed E-state index contributed by atoms with van der Waals surface area (Å²) in [6, 6.07) is 10.2. The first kappa shape index (κ1) is 8.08. The Kier molecular flexibility index (Phi) is 1.65.